The van der Waals surface area contributed by atoms with Crippen molar-refractivity contribution in [2.75, 3.05) is 0 Å². The van der Waals surface area contributed by atoms with E-state index in [1.807, 2.05) is 6.92 Å². The minimum absolute atomic E-state index is 0.813. The average Bonchev–Trinajstić information content (AvgIpc) is 2.17. The molecule has 0 aromatic heterocycles. The van der Waals surface area contributed by atoms with Crippen molar-refractivity contribution in [3.63, 3.8) is 0 Å². The van der Waals surface area contributed by atoms with Crippen LogP contribution in [0.5, 0.6) is 0 Å². The topological polar surface area (TPSA) is 20.2 Å². The Labute approximate surface area is 101 Å². The van der Waals surface area contributed by atoms with Crippen molar-refractivity contribution in [1.82, 2.24) is 0 Å². The SMILES string of the molecule is CC(=C=CO)CCC=C(C)CCCC(C)C. The fourth-order valence-electron chi connectivity index (χ4n) is 1.61. The van der Waals surface area contributed by atoms with E-state index >= 15 is 0 Å². The van der Waals surface area contributed by atoms with Crippen LogP contribution in [-0.4, -0.2) is 5.11 Å². The van der Waals surface area contributed by atoms with Crippen LogP contribution in [0.15, 0.2) is 29.2 Å². The summed E-state index contributed by atoms with van der Waals surface area (Å²) in [6.07, 6.45) is 9.18. The minimum Gasteiger partial charge on any atom is -0.507 e. The molecule has 0 bridgehead atoms. The third kappa shape index (κ3) is 9.61. The van der Waals surface area contributed by atoms with Gasteiger partial charge >= 0.3 is 0 Å². The molecule has 16 heavy (non-hydrogen) atoms. The lowest BCUT2D eigenvalue weighted by atomic mass is 10.0. The third-order valence-electron chi connectivity index (χ3n) is 2.68. The summed E-state index contributed by atoms with van der Waals surface area (Å²) < 4.78 is 0. The maximum absolute atomic E-state index is 8.54. The molecule has 0 heterocycles. The maximum Gasteiger partial charge on any atom is 0.121 e. The highest BCUT2D eigenvalue weighted by Crippen LogP contribution is 2.13. The Hall–Kier alpha value is -0.940. The molecule has 1 heteroatoms. The van der Waals surface area contributed by atoms with Gasteiger partial charge in [-0.1, -0.05) is 37.6 Å². The molecule has 0 fully saturated rings. The second kappa shape index (κ2) is 9.30. The number of allylic oxidation sites excluding steroid dienone is 3. The van der Waals surface area contributed by atoms with Crippen LogP contribution in [0, 0.1) is 5.92 Å². The summed E-state index contributed by atoms with van der Waals surface area (Å²) in [6, 6.07) is 0. The molecule has 1 N–H and O–H groups in total. The van der Waals surface area contributed by atoms with E-state index in [1.165, 1.54) is 24.8 Å². The molecule has 0 aromatic rings. The molecule has 0 unspecified atom stereocenters. The first kappa shape index (κ1) is 15.1. The van der Waals surface area contributed by atoms with Gasteiger partial charge in [0.15, 0.2) is 0 Å². The van der Waals surface area contributed by atoms with Crippen molar-refractivity contribution < 1.29 is 5.11 Å². The molecule has 0 spiro atoms. The molecular formula is C15H26O. The minimum atomic E-state index is 0.813. The molecule has 0 aliphatic heterocycles. The quantitative estimate of drug-likeness (QED) is 0.358. The van der Waals surface area contributed by atoms with Gasteiger partial charge in [0.1, 0.15) is 6.26 Å². The smallest absolute Gasteiger partial charge is 0.121 e. The first-order valence-electron chi connectivity index (χ1n) is 6.26. The summed E-state index contributed by atoms with van der Waals surface area (Å²) in [6.45, 7) is 8.75. The van der Waals surface area contributed by atoms with Gasteiger partial charge in [-0.25, -0.2) is 0 Å². The highest BCUT2D eigenvalue weighted by Gasteiger charge is 1.95. The lowest BCUT2D eigenvalue weighted by Crippen LogP contribution is -1.87. The maximum atomic E-state index is 8.54. The molecule has 0 aromatic carbocycles. The Kier molecular flexibility index (Phi) is 8.75. The van der Waals surface area contributed by atoms with Crippen LogP contribution >= 0.6 is 0 Å². The monoisotopic (exact) mass is 222 g/mol. The van der Waals surface area contributed by atoms with Gasteiger partial charge in [-0.2, -0.15) is 0 Å². The number of hydrogen-bond acceptors (Lipinski definition) is 1. The predicted molar refractivity (Wildman–Crippen MR) is 71.6 cm³/mol. The van der Waals surface area contributed by atoms with Gasteiger partial charge < -0.3 is 5.11 Å². The first-order chi connectivity index (χ1) is 7.56. The Bertz CT molecular complexity index is 265. The standard InChI is InChI=1S/C15H26O/c1-13(2)7-5-8-14(3)9-6-10-15(4)11-12-16/h9,12-13,16H,5-8,10H2,1-4H3. The zero-order valence-corrected chi connectivity index (χ0v) is 11.2. The largest absolute Gasteiger partial charge is 0.507 e. The van der Waals surface area contributed by atoms with Crippen LogP contribution in [0.25, 0.3) is 0 Å². The van der Waals surface area contributed by atoms with Gasteiger partial charge in [-0.15, -0.1) is 0 Å². The van der Waals surface area contributed by atoms with Gasteiger partial charge in [-0.3, -0.25) is 0 Å². The van der Waals surface area contributed by atoms with E-state index in [4.69, 9.17) is 5.11 Å². The molecule has 92 valence electrons. The van der Waals surface area contributed by atoms with Crippen LogP contribution in [0.4, 0.5) is 0 Å². The van der Waals surface area contributed by atoms with Gasteiger partial charge in [-0.05, 0) is 51.0 Å². The van der Waals surface area contributed by atoms with E-state index in [2.05, 4.69) is 32.6 Å². The zero-order chi connectivity index (χ0) is 12.4. The van der Waals surface area contributed by atoms with Crippen molar-refractivity contribution in [2.45, 2.75) is 59.8 Å². The molecule has 0 aliphatic carbocycles. The lowest BCUT2D eigenvalue weighted by molar-refractivity contribution is 0.474. The highest BCUT2D eigenvalue weighted by molar-refractivity contribution is 5.02. The molecule has 1 nitrogen and oxygen atoms in total. The van der Waals surface area contributed by atoms with E-state index < -0.39 is 0 Å². The van der Waals surface area contributed by atoms with Crippen molar-refractivity contribution >= 4 is 0 Å². The van der Waals surface area contributed by atoms with Crippen LogP contribution in [0.2, 0.25) is 0 Å². The number of hydrogen-bond donors (Lipinski definition) is 1. The predicted octanol–water partition coefficient (Wildman–Crippen LogP) is 5.16. The van der Waals surface area contributed by atoms with Crippen molar-refractivity contribution in [3.8, 4) is 0 Å². The molecule has 0 radical (unpaired) electrons. The van der Waals surface area contributed by atoms with Gasteiger partial charge in [0, 0.05) is 0 Å². The molecule has 0 atom stereocenters. The molecule has 0 rings (SSSR count). The third-order valence-corrected chi connectivity index (χ3v) is 2.68. The van der Waals surface area contributed by atoms with Gasteiger partial charge in [0.2, 0.25) is 0 Å². The summed E-state index contributed by atoms with van der Waals surface area (Å²) >= 11 is 0. The lowest BCUT2D eigenvalue weighted by Gasteiger charge is -2.04. The van der Waals surface area contributed by atoms with E-state index in [0.29, 0.717) is 0 Å². The van der Waals surface area contributed by atoms with Gasteiger partial charge in [0.25, 0.3) is 0 Å². The number of aliphatic hydroxyl groups is 1. The molecule has 0 amide bonds. The number of aliphatic hydroxyl groups excluding tert-OH is 1. The normalized spacial score (nSPS) is 11.4. The molecule has 0 aliphatic rings. The second-order valence-electron chi connectivity index (χ2n) is 4.93. The number of rotatable bonds is 7. The first-order valence-corrected chi connectivity index (χ1v) is 6.26. The van der Waals surface area contributed by atoms with E-state index in [9.17, 15) is 0 Å². The van der Waals surface area contributed by atoms with E-state index in [0.717, 1.165) is 30.6 Å². The van der Waals surface area contributed by atoms with E-state index in [1.54, 1.807) is 0 Å². The summed E-state index contributed by atoms with van der Waals surface area (Å²) in [7, 11) is 0. The fraction of sp³-hybridized carbons (Fsp3) is 0.667. The van der Waals surface area contributed by atoms with Crippen molar-refractivity contribution in [2.24, 2.45) is 5.92 Å². The fourth-order valence-corrected chi connectivity index (χ4v) is 1.61. The van der Waals surface area contributed by atoms with Crippen LogP contribution < -0.4 is 0 Å². The zero-order valence-electron chi connectivity index (χ0n) is 11.2. The van der Waals surface area contributed by atoms with Crippen LogP contribution in [-0.2, 0) is 0 Å². The van der Waals surface area contributed by atoms with E-state index in [-0.39, 0.29) is 0 Å². The van der Waals surface area contributed by atoms with Gasteiger partial charge in [0.05, 0.1) is 0 Å². The van der Waals surface area contributed by atoms with Crippen LogP contribution in [0.1, 0.15) is 59.8 Å². The summed E-state index contributed by atoms with van der Waals surface area (Å²) in [5.41, 5.74) is 5.39. The van der Waals surface area contributed by atoms with Crippen LogP contribution in [0.3, 0.4) is 0 Å². The Morgan fingerprint density at radius 1 is 1.25 bits per heavy atom. The average molecular weight is 222 g/mol. The summed E-state index contributed by atoms with van der Waals surface area (Å²) in [4.78, 5) is 0. The Balaban J connectivity index is 3.75. The molecular weight excluding hydrogens is 196 g/mol. The summed E-state index contributed by atoms with van der Waals surface area (Å²) in [5, 5.41) is 8.54. The molecule has 0 saturated heterocycles. The Morgan fingerprint density at radius 2 is 1.94 bits per heavy atom. The summed E-state index contributed by atoms with van der Waals surface area (Å²) in [5.74, 6) is 0.813. The second-order valence-corrected chi connectivity index (χ2v) is 4.93. The molecule has 0 saturated carbocycles. The Morgan fingerprint density at radius 3 is 2.50 bits per heavy atom. The van der Waals surface area contributed by atoms with Crippen molar-refractivity contribution in [1.29, 1.82) is 0 Å². The van der Waals surface area contributed by atoms with Crippen molar-refractivity contribution in [3.05, 3.63) is 29.2 Å². The highest BCUT2D eigenvalue weighted by atomic mass is 16.2.